The predicted molar refractivity (Wildman–Crippen MR) is 94.2 cm³/mol. The van der Waals surface area contributed by atoms with E-state index in [2.05, 4.69) is 10.2 Å². The normalized spacial score (nSPS) is 21.4. The van der Waals surface area contributed by atoms with Gasteiger partial charge < -0.3 is 14.7 Å². The van der Waals surface area contributed by atoms with Crippen molar-refractivity contribution in [3.63, 3.8) is 0 Å². The molecule has 1 amide bonds. The Bertz CT molecular complexity index is 940. The highest BCUT2D eigenvalue weighted by molar-refractivity contribution is 6.08. The second kappa shape index (κ2) is 5.86. The molecule has 1 unspecified atom stereocenters. The highest BCUT2D eigenvalue weighted by Crippen LogP contribution is 2.38. The predicted octanol–water partition coefficient (Wildman–Crippen LogP) is 2.13. The first-order valence-corrected chi connectivity index (χ1v) is 8.80. The maximum absolute atomic E-state index is 13.1. The van der Waals surface area contributed by atoms with Crippen molar-refractivity contribution in [3.05, 3.63) is 57.0 Å². The molecule has 2 N–H and O–H groups in total. The summed E-state index contributed by atoms with van der Waals surface area (Å²) in [4.78, 5) is 38.6. The van der Waals surface area contributed by atoms with Crippen molar-refractivity contribution < 1.29 is 14.3 Å². The van der Waals surface area contributed by atoms with Gasteiger partial charge in [0.1, 0.15) is 5.60 Å². The van der Waals surface area contributed by atoms with Gasteiger partial charge in [-0.25, -0.2) is 4.79 Å². The lowest BCUT2D eigenvalue weighted by Crippen LogP contribution is -2.39. The number of carbonyl (C=O) groups excluding carboxylic acids is 2. The summed E-state index contributed by atoms with van der Waals surface area (Å²) < 4.78 is 5.44. The van der Waals surface area contributed by atoms with E-state index in [1.807, 2.05) is 19.9 Å². The highest BCUT2D eigenvalue weighted by Gasteiger charge is 2.41. The van der Waals surface area contributed by atoms with E-state index in [1.165, 1.54) is 0 Å². The Hall–Kier alpha value is -2.83. The van der Waals surface area contributed by atoms with Crippen molar-refractivity contribution in [2.45, 2.75) is 38.2 Å². The fourth-order valence-electron chi connectivity index (χ4n) is 3.94. The van der Waals surface area contributed by atoms with Crippen molar-refractivity contribution in [2.24, 2.45) is 0 Å². The summed E-state index contributed by atoms with van der Waals surface area (Å²) in [5.41, 5.74) is 1.43. The van der Waals surface area contributed by atoms with Gasteiger partial charge in [-0.05, 0) is 32.8 Å². The van der Waals surface area contributed by atoms with Crippen LogP contribution < -0.4 is 5.56 Å². The minimum Gasteiger partial charge on any atom is -0.451 e. The first kappa shape index (κ1) is 16.6. The van der Waals surface area contributed by atoms with E-state index in [-0.39, 0.29) is 17.4 Å². The molecule has 3 heterocycles. The fourth-order valence-corrected chi connectivity index (χ4v) is 3.94. The summed E-state index contributed by atoms with van der Waals surface area (Å²) in [6, 6.07) is 6.85. The topological polar surface area (TPSA) is 95.3 Å². The Morgan fingerprint density at radius 2 is 2.08 bits per heavy atom. The monoisotopic (exact) mass is 355 g/mol. The van der Waals surface area contributed by atoms with Crippen LogP contribution in [0.5, 0.6) is 0 Å². The number of H-pyrrole nitrogens is 2. The number of aromatic amines is 2. The van der Waals surface area contributed by atoms with Crippen LogP contribution in [0.4, 0.5) is 0 Å². The molecule has 1 aromatic carbocycles. The van der Waals surface area contributed by atoms with Crippen molar-refractivity contribution in [2.75, 3.05) is 13.1 Å². The summed E-state index contributed by atoms with van der Waals surface area (Å²) in [6.07, 6.45) is 1.74. The van der Waals surface area contributed by atoms with E-state index in [4.69, 9.17) is 4.74 Å². The number of fused-ring (bicyclic) bond motifs is 1. The molecular formula is C19H21N3O4. The molecule has 0 bridgehead atoms. The second-order valence-electron chi connectivity index (χ2n) is 7.43. The summed E-state index contributed by atoms with van der Waals surface area (Å²) in [5.74, 6) is -0.539. The third-order valence-electron chi connectivity index (χ3n) is 5.26. The van der Waals surface area contributed by atoms with Crippen LogP contribution in [0.3, 0.4) is 0 Å². The summed E-state index contributed by atoms with van der Waals surface area (Å²) in [7, 11) is 0. The zero-order valence-electron chi connectivity index (χ0n) is 14.8. The second-order valence-corrected chi connectivity index (χ2v) is 7.43. The average molecular weight is 355 g/mol. The molecule has 7 heteroatoms. The number of benzene rings is 1. The molecule has 1 aromatic heterocycles. The number of rotatable bonds is 2. The standard InChI is InChI=1S/C19H21N3O4/c1-19(2)13-7-3-6-12(16(13)18(25)26-19)17(24)22-8-4-5-11(10-22)14-9-15(23)21-20-14/h3,6-7,9,11H,4-5,8,10H2,1-2H3,(H2,20,21,23). The number of carbonyl (C=O) groups is 2. The molecule has 0 radical (unpaired) electrons. The Balaban J connectivity index is 1.64. The first-order chi connectivity index (χ1) is 12.4. The number of piperidine rings is 1. The molecule has 1 fully saturated rings. The van der Waals surface area contributed by atoms with Crippen LogP contribution in [-0.4, -0.2) is 40.1 Å². The van der Waals surface area contributed by atoms with E-state index in [9.17, 15) is 14.4 Å². The number of hydrogen-bond acceptors (Lipinski definition) is 4. The van der Waals surface area contributed by atoms with Crippen LogP contribution in [-0.2, 0) is 10.3 Å². The zero-order chi connectivity index (χ0) is 18.5. The van der Waals surface area contributed by atoms with Crippen LogP contribution in [0.15, 0.2) is 29.1 Å². The Labute approximate surface area is 150 Å². The first-order valence-electron chi connectivity index (χ1n) is 8.80. The molecule has 2 aliphatic rings. The van der Waals surface area contributed by atoms with Gasteiger partial charge in [-0.15, -0.1) is 0 Å². The Morgan fingerprint density at radius 1 is 1.27 bits per heavy atom. The van der Waals surface area contributed by atoms with Crippen molar-refractivity contribution in [3.8, 4) is 0 Å². The smallest absolute Gasteiger partial charge is 0.340 e. The quantitative estimate of drug-likeness (QED) is 0.807. The summed E-state index contributed by atoms with van der Waals surface area (Å²) >= 11 is 0. The summed E-state index contributed by atoms with van der Waals surface area (Å²) in [6.45, 7) is 4.79. The number of aromatic nitrogens is 2. The number of likely N-dealkylation sites (tertiary alicyclic amines) is 1. The highest BCUT2D eigenvalue weighted by atomic mass is 16.6. The molecule has 2 aromatic rings. The fraction of sp³-hybridized carbons (Fsp3) is 0.421. The number of cyclic esters (lactones) is 1. The van der Waals surface area contributed by atoms with Gasteiger partial charge in [0.05, 0.1) is 11.1 Å². The lowest BCUT2D eigenvalue weighted by Gasteiger charge is -2.32. The molecule has 0 spiro atoms. The Morgan fingerprint density at radius 3 is 2.81 bits per heavy atom. The van der Waals surface area contributed by atoms with E-state index in [0.717, 1.165) is 24.1 Å². The third-order valence-corrected chi connectivity index (χ3v) is 5.26. The molecule has 136 valence electrons. The molecule has 7 nitrogen and oxygen atoms in total. The van der Waals surface area contributed by atoms with Crippen LogP contribution in [0.2, 0.25) is 0 Å². The van der Waals surface area contributed by atoms with Crippen molar-refractivity contribution in [1.29, 1.82) is 0 Å². The zero-order valence-corrected chi connectivity index (χ0v) is 14.8. The third kappa shape index (κ3) is 2.64. The molecule has 26 heavy (non-hydrogen) atoms. The van der Waals surface area contributed by atoms with Crippen molar-refractivity contribution >= 4 is 11.9 Å². The maximum Gasteiger partial charge on any atom is 0.340 e. The number of nitrogens with one attached hydrogen (secondary N) is 2. The lowest BCUT2D eigenvalue weighted by molar-refractivity contribution is 0.00941. The number of nitrogens with zero attached hydrogens (tertiary/aromatic N) is 1. The van der Waals surface area contributed by atoms with Crippen LogP contribution in [0.25, 0.3) is 0 Å². The van der Waals surface area contributed by atoms with Gasteiger partial charge in [0.25, 0.3) is 11.5 Å². The number of esters is 1. The molecule has 1 saturated heterocycles. The number of amides is 1. The van der Waals surface area contributed by atoms with E-state index in [0.29, 0.717) is 24.2 Å². The largest absolute Gasteiger partial charge is 0.451 e. The van der Waals surface area contributed by atoms with Gasteiger partial charge in [-0.2, -0.15) is 0 Å². The maximum atomic E-state index is 13.1. The Kier molecular flexibility index (Phi) is 3.75. The van der Waals surface area contributed by atoms with Gasteiger partial charge in [0, 0.05) is 36.3 Å². The van der Waals surface area contributed by atoms with Crippen LogP contribution >= 0.6 is 0 Å². The number of ether oxygens (including phenoxy) is 1. The van der Waals surface area contributed by atoms with Crippen molar-refractivity contribution in [1.82, 2.24) is 15.1 Å². The minimum absolute atomic E-state index is 0.0757. The SMILES string of the molecule is CC1(C)OC(=O)c2c(C(=O)N3CCCC(c4cc(=O)[nH][nH]4)C3)cccc21. The van der Waals surface area contributed by atoms with E-state index < -0.39 is 11.6 Å². The number of hydrogen-bond donors (Lipinski definition) is 2. The van der Waals surface area contributed by atoms with Crippen LogP contribution in [0.1, 0.15) is 64.6 Å². The van der Waals surface area contributed by atoms with Gasteiger partial charge in [0.15, 0.2) is 0 Å². The molecule has 2 aliphatic heterocycles. The minimum atomic E-state index is -0.724. The molecule has 4 rings (SSSR count). The molecule has 1 atom stereocenters. The van der Waals surface area contributed by atoms with Gasteiger partial charge in [-0.1, -0.05) is 12.1 Å². The molecule has 0 aliphatic carbocycles. The average Bonchev–Trinajstić information content (AvgIpc) is 3.15. The summed E-state index contributed by atoms with van der Waals surface area (Å²) in [5, 5.41) is 5.43. The van der Waals surface area contributed by atoms with E-state index >= 15 is 0 Å². The van der Waals surface area contributed by atoms with Gasteiger partial charge in [0.2, 0.25) is 0 Å². The van der Waals surface area contributed by atoms with Gasteiger partial charge in [-0.3, -0.25) is 14.7 Å². The van der Waals surface area contributed by atoms with Crippen LogP contribution in [0, 0.1) is 0 Å². The molecule has 0 saturated carbocycles. The van der Waals surface area contributed by atoms with E-state index in [1.54, 1.807) is 23.1 Å². The van der Waals surface area contributed by atoms with Gasteiger partial charge >= 0.3 is 5.97 Å². The lowest BCUT2D eigenvalue weighted by atomic mass is 9.91. The molecular weight excluding hydrogens is 334 g/mol.